The van der Waals surface area contributed by atoms with Crippen molar-refractivity contribution in [3.63, 3.8) is 0 Å². The Hall–Kier alpha value is -4.72. The molecule has 0 aliphatic rings. The van der Waals surface area contributed by atoms with Crippen LogP contribution in [0, 0.1) is 0 Å². The summed E-state index contributed by atoms with van der Waals surface area (Å²) in [6.07, 6.45) is 1.58. The van der Waals surface area contributed by atoms with E-state index in [2.05, 4.69) is 75.6 Å². The summed E-state index contributed by atoms with van der Waals surface area (Å²) in [7, 11) is -2.78. The molecule has 3 heterocycles. The fourth-order valence-electron chi connectivity index (χ4n) is 5.76. The molecule has 3 aromatic heterocycles. The molecule has 0 spiro atoms. The highest BCUT2D eigenvalue weighted by Crippen LogP contribution is 2.36. The summed E-state index contributed by atoms with van der Waals surface area (Å²) in [6.45, 7) is 6.98. The molecular formula is C36H35Cl2N7O4Si. The Labute approximate surface area is 300 Å². The Balaban J connectivity index is 1.22. The number of carbonyl (C=O) groups excluding carboxylic acids is 1. The Bertz CT molecular complexity index is 2010. The first-order valence-corrected chi connectivity index (χ1v) is 18.6. The number of para-hydroxylation sites is 1. The lowest BCUT2D eigenvalue weighted by Crippen LogP contribution is -2.66. The fourth-order valence-corrected chi connectivity index (χ4v) is 10.6. The van der Waals surface area contributed by atoms with Crippen molar-refractivity contribution in [1.82, 2.24) is 29.9 Å². The molecule has 1 N–H and O–H groups in total. The SMILES string of the molecule is CC(C)(C)[Si](OCCOC[C@H](Oc1ncnc2c1nnn2-c1ccccc1Cl)C(=O)Nc1ccc(Cl)cn1)(c1ccccc1)c1ccccc1. The molecule has 0 fully saturated rings. The second kappa shape index (κ2) is 15.4. The molecule has 0 radical (unpaired) electrons. The third-order valence-electron chi connectivity index (χ3n) is 8.04. The molecule has 3 aromatic carbocycles. The van der Waals surface area contributed by atoms with Crippen LogP contribution in [-0.4, -0.2) is 70.1 Å². The lowest BCUT2D eigenvalue weighted by atomic mass is 10.2. The molecule has 0 saturated carbocycles. The van der Waals surface area contributed by atoms with Crippen molar-refractivity contribution in [3.05, 3.63) is 120 Å². The van der Waals surface area contributed by atoms with Gasteiger partial charge in [0.25, 0.3) is 14.2 Å². The van der Waals surface area contributed by atoms with Gasteiger partial charge in [-0.3, -0.25) is 4.79 Å². The van der Waals surface area contributed by atoms with E-state index in [-0.39, 0.29) is 36.3 Å². The predicted octanol–water partition coefficient (Wildman–Crippen LogP) is 5.89. The fraction of sp³-hybridized carbons (Fsp3) is 0.222. The number of halogens is 2. The van der Waals surface area contributed by atoms with E-state index in [0.717, 1.165) is 10.4 Å². The number of benzene rings is 3. The standard InChI is InChI=1S/C36H35Cl2N7O4Si/c1-36(2,3)50(26-12-6-4-7-13-26,27-14-8-5-9-15-27)48-21-20-47-23-30(34(46)42-31-19-18-25(37)22-39-31)49-35-32-33(40-24-41-35)45(44-43-32)29-17-11-10-16-28(29)38/h4-19,22,24,30H,20-21,23H2,1-3H3,(H,39,42,46)/t30-/m0/s1. The maximum absolute atomic E-state index is 13.6. The van der Waals surface area contributed by atoms with Crippen LogP contribution in [0.25, 0.3) is 16.9 Å². The van der Waals surface area contributed by atoms with Crippen molar-refractivity contribution in [2.45, 2.75) is 31.9 Å². The van der Waals surface area contributed by atoms with Crippen LogP contribution in [0.15, 0.2) is 110 Å². The van der Waals surface area contributed by atoms with Crippen LogP contribution in [0.1, 0.15) is 20.8 Å². The summed E-state index contributed by atoms with van der Waals surface area (Å²) in [5.74, 6) is -0.178. The minimum Gasteiger partial charge on any atom is -0.460 e. The van der Waals surface area contributed by atoms with Gasteiger partial charge in [0, 0.05) is 6.20 Å². The van der Waals surface area contributed by atoms with Gasteiger partial charge in [-0.15, -0.1) is 5.10 Å². The number of anilines is 1. The van der Waals surface area contributed by atoms with Gasteiger partial charge < -0.3 is 19.2 Å². The molecule has 0 aliphatic heterocycles. The highest BCUT2D eigenvalue weighted by molar-refractivity contribution is 6.99. The van der Waals surface area contributed by atoms with Crippen LogP contribution in [0.4, 0.5) is 5.82 Å². The molecule has 1 amide bonds. The number of rotatable bonds is 13. The highest BCUT2D eigenvalue weighted by Gasteiger charge is 2.50. The summed E-state index contributed by atoms with van der Waals surface area (Å²) in [4.78, 5) is 26.4. The first-order chi connectivity index (χ1) is 24.2. The molecule has 256 valence electrons. The molecule has 0 aliphatic carbocycles. The summed E-state index contributed by atoms with van der Waals surface area (Å²) in [6, 6.07) is 31.1. The second-order valence-electron chi connectivity index (χ2n) is 12.3. The van der Waals surface area contributed by atoms with Crippen LogP contribution < -0.4 is 20.4 Å². The topological polar surface area (TPSA) is 126 Å². The lowest BCUT2D eigenvalue weighted by molar-refractivity contribution is -0.125. The van der Waals surface area contributed by atoms with E-state index in [1.807, 2.05) is 48.5 Å². The van der Waals surface area contributed by atoms with Gasteiger partial charge >= 0.3 is 0 Å². The number of hydrogen-bond acceptors (Lipinski definition) is 9. The molecule has 6 aromatic rings. The first-order valence-electron chi connectivity index (χ1n) is 15.9. The number of ether oxygens (including phenoxy) is 2. The van der Waals surface area contributed by atoms with Crippen LogP contribution in [0.5, 0.6) is 5.88 Å². The van der Waals surface area contributed by atoms with Gasteiger partial charge in [0.15, 0.2) is 11.2 Å². The predicted molar refractivity (Wildman–Crippen MR) is 196 cm³/mol. The monoisotopic (exact) mass is 727 g/mol. The number of nitrogens with one attached hydrogen (secondary N) is 1. The molecule has 50 heavy (non-hydrogen) atoms. The minimum atomic E-state index is -2.78. The molecule has 0 unspecified atom stereocenters. The van der Waals surface area contributed by atoms with Gasteiger partial charge in [-0.05, 0) is 39.7 Å². The van der Waals surface area contributed by atoms with Gasteiger partial charge in [-0.2, -0.15) is 9.67 Å². The van der Waals surface area contributed by atoms with Crippen molar-refractivity contribution >= 4 is 64.8 Å². The molecule has 0 bridgehead atoms. The first kappa shape index (κ1) is 35.1. The Morgan fingerprint density at radius 3 is 2.18 bits per heavy atom. The summed E-state index contributed by atoms with van der Waals surface area (Å²) in [5, 5.41) is 14.3. The number of aromatic nitrogens is 6. The molecule has 11 nitrogen and oxygen atoms in total. The maximum Gasteiger partial charge on any atom is 0.269 e. The van der Waals surface area contributed by atoms with Gasteiger partial charge in [0.05, 0.1) is 35.6 Å². The molecular weight excluding hydrogens is 693 g/mol. The van der Waals surface area contributed by atoms with Gasteiger partial charge in [-0.25, -0.2) is 9.97 Å². The van der Waals surface area contributed by atoms with Crippen LogP contribution in [-0.2, 0) is 14.0 Å². The average Bonchev–Trinajstić information content (AvgIpc) is 3.55. The van der Waals surface area contributed by atoms with E-state index in [0.29, 0.717) is 27.2 Å². The number of pyridine rings is 1. The summed E-state index contributed by atoms with van der Waals surface area (Å²) >= 11 is 12.4. The summed E-state index contributed by atoms with van der Waals surface area (Å²) in [5.41, 5.74) is 1.17. The van der Waals surface area contributed by atoms with Gasteiger partial charge in [-0.1, -0.05) is 122 Å². The van der Waals surface area contributed by atoms with Gasteiger partial charge in [0.1, 0.15) is 12.1 Å². The third-order valence-corrected chi connectivity index (χ3v) is 13.6. The Morgan fingerprint density at radius 2 is 1.54 bits per heavy atom. The molecule has 14 heteroatoms. The van der Waals surface area contributed by atoms with Crippen molar-refractivity contribution in [2.24, 2.45) is 0 Å². The van der Waals surface area contributed by atoms with E-state index >= 15 is 0 Å². The zero-order valence-electron chi connectivity index (χ0n) is 27.7. The van der Waals surface area contributed by atoms with Crippen molar-refractivity contribution in [1.29, 1.82) is 0 Å². The minimum absolute atomic E-state index is 0.0460. The zero-order valence-corrected chi connectivity index (χ0v) is 30.2. The molecule has 0 saturated heterocycles. The number of hydrogen-bond donors (Lipinski definition) is 1. The largest absolute Gasteiger partial charge is 0.460 e. The van der Waals surface area contributed by atoms with E-state index in [4.69, 9.17) is 37.1 Å². The number of carbonyl (C=O) groups is 1. The van der Waals surface area contributed by atoms with E-state index < -0.39 is 20.3 Å². The summed E-state index contributed by atoms with van der Waals surface area (Å²) < 4.78 is 20.7. The smallest absolute Gasteiger partial charge is 0.269 e. The quantitative estimate of drug-likeness (QED) is 0.114. The van der Waals surface area contributed by atoms with E-state index in [1.54, 1.807) is 24.3 Å². The maximum atomic E-state index is 13.6. The van der Waals surface area contributed by atoms with Crippen LogP contribution in [0.2, 0.25) is 15.1 Å². The highest BCUT2D eigenvalue weighted by atomic mass is 35.5. The van der Waals surface area contributed by atoms with Crippen molar-refractivity contribution in [3.8, 4) is 11.6 Å². The third kappa shape index (κ3) is 7.54. The van der Waals surface area contributed by atoms with Crippen LogP contribution >= 0.6 is 23.2 Å². The Morgan fingerprint density at radius 1 is 0.860 bits per heavy atom. The van der Waals surface area contributed by atoms with Crippen molar-refractivity contribution in [2.75, 3.05) is 25.1 Å². The lowest BCUT2D eigenvalue weighted by Gasteiger charge is -2.43. The average molecular weight is 729 g/mol. The van der Waals surface area contributed by atoms with Crippen LogP contribution in [0.3, 0.4) is 0 Å². The van der Waals surface area contributed by atoms with Gasteiger partial charge in [0.2, 0.25) is 12.0 Å². The normalized spacial score (nSPS) is 12.5. The Kier molecular flexibility index (Phi) is 10.8. The number of fused-ring (bicyclic) bond motifs is 1. The zero-order chi connectivity index (χ0) is 35.1. The molecule has 6 rings (SSSR count). The van der Waals surface area contributed by atoms with E-state index in [1.165, 1.54) is 17.2 Å². The number of nitrogens with zero attached hydrogens (tertiary/aromatic N) is 6. The van der Waals surface area contributed by atoms with Crippen molar-refractivity contribution < 1.29 is 18.7 Å². The second-order valence-corrected chi connectivity index (χ2v) is 17.5. The number of amides is 1. The van der Waals surface area contributed by atoms with E-state index in [9.17, 15) is 4.79 Å². The molecule has 1 atom stereocenters.